The van der Waals surface area contributed by atoms with E-state index in [1.54, 1.807) is 18.2 Å². The molecule has 132 valence electrons. The van der Waals surface area contributed by atoms with Crippen molar-refractivity contribution in [2.75, 3.05) is 18.5 Å². The molecule has 1 aliphatic rings. The van der Waals surface area contributed by atoms with Crippen LogP contribution in [-0.4, -0.2) is 24.3 Å². The van der Waals surface area contributed by atoms with Crippen LogP contribution in [0.2, 0.25) is 5.02 Å². The summed E-state index contributed by atoms with van der Waals surface area (Å²) in [4.78, 5) is 12.3. The lowest BCUT2D eigenvalue weighted by Crippen LogP contribution is -2.17. The van der Waals surface area contributed by atoms with Crippen molar-refractivity contribution in [3.8, 4) is 22.8 Å². The summed E-state index contributed by atoms with van der Waals surface area (Å²) in [6, 6.07) is 14.3. The summed E-state index contributed by atoms with van der Waals surface area (Å²) in [5.74, 6) is 1.44. The van der Waals surface area contributed by atoms with Gasteiger partial charge in [0.15, 0.2) is 11.5 Å². The fourth-order valence-electron chi connectivity index (χ4n) is 2.66. The lowest BCUT2D eigenvalue weighted by molar-refractivity contribution is -0.115. The molecule has 1 amide bonds. The summed E-state index contributed by atoms with van der Waals surface area (Å²) in [6.07, 6.45) is 0.188. The quantitative estimate of drug-likeness (QED) is 0.752. The molecule has 1 N–H and O–H groups in total. The van der Waals surface area contributed by atoms with Gasteiger partial charge in [0.25, 0.3) is 0 Å². The molecular weight excluding hydrogens is 356 g/mol. The van der Waals surface area contributed by atoms with E-state index in [0.717, 1.165) is 11.1 Å². The van der Waals surface area contributed by atoms with Crippen LogP contribution < -0.4 is 14.8 Å². The van der Waals surface area contributed by atoms with E-state index >= 15 is 0 Å². The van der Waals surface area contributed by atoms with Crippen molar-refractivity contribution >= 4 is 23.4 Å². The van der Waals surface area contributed by atoms with Crippen LogP contribution in [0.25, 0.3) is 11.3 Å². The maximum absolute atomic E-state index is 12.3. The molecule has 2 heterocycles. The first-order chi connectivity index (χ1) is 12.7. The number of rotatable bonds is 4. The van der Waals surface area contributed by atoms with E-state index in [4.69, 9.17) is 25.6 Å². The molecule has 4 rings (SSSR count). The van der Waals surface area contributed by atoms with Crippen LogP contribution in [0.3, 0.4) is 0 Å². The Morgan fingerprint density at radius 3 is 2.62 bits per heavy atom. The molecule has 0 aliphatic carbocycles. The molecule has 6 nitrogen and oxygen atoms in total. The average Bonchev–Trinajstić information content (AvgIpc) is 3.10. The molecule has 0 saturated heterocycles. The Hall–Kier alpha value is -2.99. The summed E-state index contributed by atoms with van der Waals surface area (Å²) in [6.45, 7) is 1.04. The van der Waals surface area contributed by atoms with Gasteiger partial charge in [-0.2, -0.15) is 0 Å². The van der Waals surface area contributed by atoms with Crippen molar-refractivity contribution in [1.29, 1.82) is 0 Å². The Kier molecular flexibility index (Phi) is 4.50. The highest BCUT2D eigenvalue weighted by Crippen LogP contribution is 2.31. The van der Waals surface area contributed by atoms with Gasteiger partial charge in [-0.3, -0.25) is 10.1 Å². The molecule has 3 aromatic rings. The van der Waals surface area contributed by atoms with Gasteiger partial charge in [-0.1, -0.05) is 35.0 Å². The normalized spacial score (nSPS) is 12.7. The second kappa shape index (κ2) is 7.09. The molecule has 0 spiro atoms. The van der Waals surface area contributed by atoms with Gasteiger partial charge in [-0.15, -0.1) is 0 Å². The Balaban J connectivity index is 1.41. The van der Waals surface area contributed by atoms with Gasteiger partial charge in [-0.25, -0.2) is 0 Å². The van der Waals surface area contributed by atoms with Crippen molar-refractivity contribution in [3.63, 3.8) is 0 Å². The van der Waals surface area contributed by atoms with Gasteiger partial charge in [0, 0.05) is 16.7 Å². The zero-order chi connectivity index (χ0) is 17.9. The number of amides is 1. The third kappa shape index (κ3) is 3.65. The molecule has 0 bridgehead atoms. The Labute approximate surface area is 154 Å². The minimum atomic E-state index is -0.208. The number of carbonyl (C=O) groups is 1. The van der Waals surface area contributed by atoms with Crippen molar-refractivity contribution in [3.05, 3.63) is 59.1 Å². The van der Waals surface area contributed by atoms with Gasteiger partial charge in [0.2, 0.25) is 11.8 Å². The number of fused-ring (bicyclic) bond motifs is 1. The molecule has 0 fully saturated rings. The SMILES string of the molecule is O=C(Cc1ccc2c(c1)OCCO2)Nc1cc(-c2ccc(Cl)cc2)no1. The topological polar surface area (TPSA) is 73.6 Å². The summed E-state index contributed by atoms with van der Waals surface area (Å²) in [5.41, 5.74) is 2.30. The minimum Gasteiger partial charge on any atom is -0.486 e. The predicted octanol–water partition coefficient (Wildman–Crippen LogP) is 3.95. The lowest BCUT2D eigenvalue weighted by atomic mass is 10.1. The first-order valence-electron chi connectivity index (χ1n) is 8.08. The Bertz CT molecular complexity index is 937. The predicted molar refractivity (Wildman–Crippen MR) is 96.7 cm³/mol. The van der Waals surface area contributed by atoms with Crippen LogP contribution in [0, 0.1) is 0 Å². The van der Waals surface area contributed by atoms with Gasteiger partial charge in [-0.05, 0) is 29.8 Å². The number of carbonyl (C=O) groups excluding carboxylic acids is 1. The van der Waals surface area contributed by atoms with Crippen LogP contribution >= 0.6 is 11.6 Å². The van der Waals surface area contributed by atoms with Crippen LogP contribution in [0.4, 0.5) is 5.88 Å². The monoisotopic (exact) mass is 370 g/mol. The van der Waals surface area contributed by atoms with Crippen molar-refractivity contribution in [2.24, 2.45) is 0 Å². The molecule has 0 unspecified atom stereocenters. The zero-order valence-corrected chi connectivity index (χ0v) is 14.5. The van der Waals surface area contributed by atoms with E-state index in [2.05, 4.69) is 10.5 Å². The molecule has 1 aromatic heterocycles. The van der Waals surface area contributed by atoms with Crippen LogP contribution in [0.5, 0.6) is 11.5 Å². The number of nitrogens with one attached hydrogen (secondary N) is 1. The molecule has 0 atom stereocenters. The highest BCUT2D eigenvalue weighted by atomic mass is 35.5. The number of hydrogen-bond acceptors (Lipinski definition) is 5. The Morgan fingerprint density at radius 1 is 1.04 bits per heavy atom. The van der Waals surface area contributed by atoms with Crippen molar-refractivity contribution < 1.29 is 18.8 Å². The Morgan fingerprint density at radius 2 is 1.81 bits per heavy atom. The van der Waals surface area contributed by atoms with Crippen LogP contribution in [-0.2, 0) is 11.2 Å². The number of anilines is 1. The first-order valence-corrected chi connectivity index (χ1v) is 8.46. The number of halogens is 1. The highest BCUT2D eigenvalue weighted by Gasteiger charge is 2.14. The van der Waals surface area contributed by atoms with Crippen LogP contribution in [0.15, 0.2) is 53.1 Å². The fourth-order valence-corrected chi connectivity index (χ4v) is 2.78. The number of benzene rings is 2. The van der Waals surface area contributed by atoms with Crippen molar-refractivity contribution in [1.82, 2.24) is 5.16 Å². The van der Waals surface area contributed by atoms with E-state index in [-0.39, 0.29) is 18.2 Å². The number of hydrogen-bond donors (Lipinski definition) is 1. The molecule has 0 saturated carbocycles. The second-order valence-corrected chi connectivity index (χ2v) is 6.22. The van der Waals surface area contributed by atoms with E-state index in [0.29, 0.717) is 35.4 Å². The second-order valence-electron chi connectivity index (χ2n) is 5.79. The van der Waals surface area contributed by atoms with Gasteiger partial charge in [0.1, 0.15) is 18.9 Å². The van der Waals surface area contributed by atoms with Crippen molar-refractivity contribution in [2.45, 2.75) is 6.42 Å². The standard InChI is InChI=1S/C19H15ClN2O4/c20-14-4-2-13(3-5-14)15-11-19(26-22-15)21-18(23)10-12-1-6-16-17(9-12)25-8-7-24-16/h1-6,9,11H,7-8,10H2,(H,21,23). The number of nitrogens with zero attached hydrogens (tertiary/aromatic N) is 1. The number of aromatic nitrogens is 1. The maximum atomic E-state index is 12.3. The van der Waals surface area contributed by atoms with E-state index in [1.807, 2.05) is 30.3 Å². The van der Waals surface area contributed by atoms with E-state index in [9.17, 15) is 4.79 Å². The van der Waals surface area contributed by atoms with Gasteiger partial charge in [0.05, 0.1) is 6.42 Å². The number of ether oxygens (including phenoxy) is 2. The molecule has 7 heteroatoms. The summed E-state index contributed by atoms with van der Waals surface area (Å²) < 4.78 is 16.2. The average molecular weight is 371 g/mol. The van der Waals surface area contributed by atoms with Gasteiger partial charge < -0.3 is 14.0 Å². The fraction of sp³-hybridized carbons (Fsp3) is 0.158. The first kappa shape index (κ1) is 16.5. The molecule has 0 radical (unpaired) electrons. The lowest BCUT2D eigenvalue weighted by Gasteiger charge is -2.18. The van der Waals surface area contributed by atoms with E-state index < -0.39 is 0 Å². The molecule has 1 aliphatic heterocycles. The molecule has 2 aromatic carbocycles. The summed E-state index contributed by atoms with van der Waals surface area (Å²) in [7, 11) is 0. The third-order valence-electron chi connectivity index (χ3n) is 3.88. The summed E-state index contributed by atoms with van der Waals surface area (Å²) >= 11 is 5.88. The molecular formula is C19H15ClN2O4. The molecule has 26 heavy (non-hydrogen) atoms. The maximum Gasteiger partial charge on any atom is 0.231 e. The smallest absolute Gasteiger partial charge is 0.231 e. The summed E-state index contributed by atoms with van der Waals surface area (Å²) in [5, 5.41) is 7.31. The van der Waals surface area contributed by atoms with Crippen LogP contribution in [0.1, 0.15) is 5.56 Å². The van der Waals surface area contributed by atoms with E-state index in [1.165, 1.54) is 0 Å². The minimum absolute atomic E-state index is 0.188. The third-order valence-corrected chi connectivity index (χ3v) is 4.14. The largest absolute Gasteiger partial charge is 0.486 e. The zero-order valence-electron chi connectivity index (χ0n) is 13.7. The van der Waals surface area contributed by atoms with Gasteiger partial charge >= 0.3 is 0 Å². The highest BCUT2D eigenvalue weighted by molar-refractivity contribution is 6.30.